The number of carbonyl (C=O) groups is 1. The molecule has 0 saturated carbocycles. The number of carbonyl (C=O) groups excluding carboxylic acids is 1. The van der Waals surface area contributed by atoms with Crippen molar-refractivity contribution in [3.63, 3.8) is 0 Å². The third-order valence-corrected chi connectivity index (χ3v) is 3.82. The minimum absolute atomic E-state index is 0.214. The highest BCUT2D eigenvalue weighted by molar-refractivity contribution is 6.28. The molecule has 1 aromatic rings. The molecule has 1 saturated heterocycles. The summed E-state index contributed by atoms with van der Waals surface area (Å²) in [6, 6.07) is -0.788. The van der Waals surface area contributed by atoms with Crippen LogP contribution in [0.1, 0.15) is 51.8 Å². The summed E-state index contributed by atoms with van der Waals surface area (Å²) in [4.78, 5) is 20.9. The molecule has 1 amide bonds. The van der Waals surface area contributed by atoms with Gasteiger partial charge in [0.05, 0.1) is 30.8 Å². The van der Waals surface area contributed by atoms with Crippen LogP contribution in [0.5, 0.6) is 0 Å². The normalized spacial score (nSPS) is 15.4. The first-order valence-corrected chi connectivity index (χ1v) is 9.45. The molecule has 1 unspecified atom stereocenters. The molecule has 32 heavy (non-hydrogen) atoms. The minimum Gasteiger partial charge on any atom is -0.364 e. The van der Waals surface area contributed by atoms with Gasteiger partial charge in [0, 0.05) is 18.7 Å². The molecule has 2 rings (SSSR count). The summed E-state index contributed by atoms with van der Waals surface area (Å²) in [6.45, 7) is 0.330. The summed E-state index contributed by atoms with van der Waals surface area (Å²) >= 11 is 0. The van der Waals surface area contributed by atoms with Crippen LogP contribution in [0.25, 0.3) is 0 Å². The maximum atomic E-state index is 12.6. The molecule has 1 aliphatic heterocycles. The van der Waals surface area contributed by atoms with Crippen molar-refractivity contribution < 1.29 is 35.9 Å². The van der Waals surface area contributed by atoms with Crippen molar-refractivity contribution in [3.05, 3.63) is 11.9 Å². The Balaban J connectivity index is 0.000000712. The molecule has 8 nitrogen and oxygen atoms in total. The number of H-pyrrole nitrogens is 1. The smallest absolute Gasteiger partial charge is 0.364 e. The number of halogens is 6. The molecule has 5 N–H and O–H groups in total. The van der Waals surface area contributed by atoms with E-state index in [0.29, 0.717) is 5.69 Å². The number of aliphatic imine (C=N–C) groups is 1. The van der Waals surface area contributed by atoms with Crippen LogP contribution in [0.2, 0.25) is 0 Å². The van der Waals surface area contributed by atoms with Crippen molar-refractivity contribution >= 4 is 23.8 Å². The summed E-state index contributed by atoms with van der Waals surface area (Å²) < 4.78 is 71.8. The first kappa shape index (κ1) is 29.5. The van der Waals surface area contributed by atoms with Crippen LogP contribution in [-0.4, -0.2) is 59.4 Å². The van der Waals surface area contributed by atoms with E-state index in [1.54, 1.807) is 6.92 Å². The third kappa shape index (κ3) is 13.0. The Morgan fingerprint density at radius 1 is 1.34 bits per heavy atom. The second-order valence-corrected chi connectivity index (χ2v) is 7.08. The van der Waals surface area contributed by atoms with Crippen LogP contribution in [0, 0.1) is 5.41 Å². The molecule has 1 fully saturated rings. The fourth-order valence-electron chi connectivity index (χ4n) is 1.93. The van der Waals surface area contributed by atoms with E-state index in [1.165, 1.54) is 12.4 Å². The lowest BCUT2D eigenvalue weighted by Gasteiger charge is -2.29. The zero-order valence-corrected chi connectivity index (χ0v) is 17.9. The largest absolute Gasteiger partial charge is 0.416 e. The second kappa shape index (κ2) is 13.8. The van der Waals surface area contributed by atoms with Crippen LogP contribution >= 0.6 is 0 Å². The molecule has 1 atom stereocenters. The molecule has 0 aromatic carbocycles. The van der Waals surface area contributed by atoms with Crippen LogP contribution in [-0.2, 0) is 9.53 Å². The molecule has 14 heteroatoms. The molecular formula is C18H28F6N6O2. The molecule has 1 aromatic heterocycles. The molecule has 0 radical (unpaired) electrons. The lowest BCUT2D eigenvalue weighted by Crippen LogP contribution is -2.43. The standard InChI is InChI=1S/C12H18F3N5O.C5H9NO.CHF3/c1-7(16)4-18-10-19-5-9(20-10)8(17)6-21-11(2,3)12(13,14)15;7-5-3-1-2-4-6-5;2-1(3)4/h4-5,8,16H,6,17H2,1-3H3,(H,19,20);1-4H2,(H,6,7);1H/b16-7?,18-4-;;. The number of hydrogen-bond donors (Lipinski definition) is 4. The number of rotatable bonds is 6. The van der Waals surface area contributed by atoms with Gasteiger partial charge in [0.25, 0.3) is 0 Å². The van der Waals surface area contributed by atoms with E-state index in [4.69, 9.17) is 15.9 Å². The average molecular weight is 474 g/mol. The Morgan fingerprint density at radius 3 is 2.34 bits per heavy atom. The molecule has 0 spiro atoms. The minimum atomic E-state index is -4.47. The van der Waals surface area contributed by atoms with Crippen LogP contribution in [0.4, 0.5) is 32.3 Å². The lowest BCUT2D eigenvalue weighted by atomic mass is 10.1. The van der Waals surface area contributed by atoms with Gasteiger partial charge in [0.2, 0.25) is 11.9 Å². The first-order valence-electron chi connectivity index (χ1n) is 9.45. The van der Waals surface area contributed by atoms with Crippen molar-refractivity contribution in [2.24, 2.45) is 10.7 Å². The Bertz CT molecular complexity index is 725. The molecule has 1 aliphatic rings. The van der Waals surface area contributed by atoms with E-state index in [9.17, 15) is 31.1 Å². The van der Waals surface area contributed by atoms with E-state index in [1.807, 2.05) is 0 Å². The number of nitrogens with zero attached hydrogens (tertiary/aromatic N) is 2. The fraction of sp³-hybridized carbons (Fsp3) is 0.667. The van der Waals surface area contributed by atoms with Gasteiger partial charge in [-0.2, -0.15) is 26.3 Å². The molecule has 2 heterocycles. The summed E-state index contributed by atoms with van der Waals surface area (Å²) in [6.07, 6.45) is 1.16. The van der Waals surface area contributed by atoms with Gasteiger partial charge >= 0.3 is 12.9 Å². The number of aromatic nitrogens is 2. The predicted octanol–water partition coefficient (Wildman–Crippen LogP) is 3.97. The fourth-order valence-corrected chi connectivity index (χ4v) is 1.93. The van der Waals surface area contributed by atoms with Crippen LogP contribution < -0.4 is 11.1 Å². The van der Waals surface area contributed by atoms with Gasteiger partial charge in [-0.05, 0) is 33.6 Å². The molecular weight excluding hydrogens is 446 g/mol. The summed E-state index contributed by atoms with van der Waals surface area (Å²) in [7, 11) is 0. The van der Waals surface area contributed by atoms with Gasteiger partial charge in [0.1, 0.15) is 0 Å². The maximum Gasteiger partial charge on any atom is 0.416 e. The van der Waals surface area contributed by atoms with Crippen molar-refractivity contribution in [3.8, 4) is 0 Å². The molecule has 184 valence electrons. The monoisotopic (exact) mass is 474 g/mol. The zero-order chi connectivity index (χ0) is 24.9. The van der Waals surface area contributed by atoms with Gasteiger partial charge in [-0.3, -0.25) is 4.79 Å². The van der Waals surface area contributed by atoms with Crippen molar-refractivity contribution in [1.82, 2.24) is 15.3 Å². The lowest BCUT2D eigenvalue weighted by molar-refractivity contribution is -0.264. The van der Waals surface area contributed by atoms with Gasteiger partial charge in [-0.15, -0.1) is 0 Å². The number of alkyl halides is 6. The van der Waals surface area contributed by atoms with E-state index >= 15 is 0 Å². The number of nitrogens with one attached hydrogen (secondary N) is 3. The Labute approximate surface area is 181 Å². The number of hydrogen-bond acceptors (Lipinski definition) is 6. The Hall–Kier alpha value is -2.48. The van der Waals surface area contributed by atoms with E-state index < -0.39 is 24.5 Å². The van der Waals surface area contributed by atoms with Gasteiger partial charge in [-0.25, -0.2) is 9.98 Å². The zero-order valence-electron chi connectivity index (χ0n) is 17.9. The number of ether oxygens (including phenoxy) is 1. The van der Waals surface area contributed by atoms with Crippen molar-refractivity contribution in [2.45, 2.75) is 64.5 Å². The van der Waals surface area contributed by atoms with Gasteiger partial charge in [0.15, 0.2) is 5.60 Å². The highest BCUT2D eigenvalue weighted by Gasteiger charge is 2.48. The summed E-state index contributed by atoms with van der Waals surface area (Å²) in [5.41, 5.74) is 4.13. The Morgan fingerprint density at radius 2 is 1.94 bits per heavy atom. The number of aromatic amines is 1. The second-order valence-electron chi connectivity index (χ2n) is 7.08. The quantitative estimate of drug-likeness (QED) is 0.367. The van der Waals surface area contributed by atoms with E-state index in [-0.39, 0.29) is 24.2 Å². The molecule has 0 bridgehead atoms. The van der Waals surface area contributed by atoms with Gasteiger partial charge < -0.3 is 26.2 Å². The number of nitrogens with two attached hydrogens (primary N) is 1. The average Bonchev–Trinajstić information content (AvgIpc) is 3.13. The maximum absolute atomic E-state index is 12.6. The number of piperidine rings is 1. The third-order valence-electron chi connectivity index (χ3n) is 3.82. The predicted molar refractivity (Wildman–Crippen MR) is 107 cm³/mol. The first-order chi connectivity index (χ1) is 14.7. The topological polar surface area (TPSA) is 129 Å². The van der Waals surface area contributed by atoms with Crippen molar-refractivity contribution in [1.29, 1.82) is 5.41 Å². The Kier molecular flexibility index (Phi) is 12.8. The van der Waals surface area contributed by atoms with Crippen molar-refractivity contribution in [2.75, 3.05) is 13.2 Å². The van der Waals surface area contributed by atoms with Crippen LogP contribution in [0.3, 0.4) is 0 Å². The number of amides is 1. The number of imidazole rings is 1. The molecule has 0 aliphatic carbocycles. The van der Waals surface area contributed by atoms with Crippen LogP contribution in [0.15, 0.2) is 11.2 Å². The van der Waals surface area contributed by atoms with E-state index in [0.717, 1.165) is 39.7 Å². The summed E-state index contributed by atoms with van der Waals surface area (Å²) in [5, 5.41) is 9.93. The summed E-state index contributed by atoms with van der Waals surface area (Å²) in [5.74, 6) is 0.438. The highest BCUT2D eigenvalue weighted by atomic mass is 19.4. The SMILES string of the molecule is CC(=N)/C=N\c1ncc(C(N)COC(C)(C)C(F)(F)F)[nH]1.FC(F)F.O=C1CCCCN1. The van der Waals surface area contributed by atoms with Gasteiger partial charge in [-0.1, -0.05) is 0 Å². The van der Waals surface area contributed by atoms with E-state index in [2.05, 4.69) is 20.3 Å². The highest BCUT2D eigenvalue weighted by Crippen LogP contribution is 2.33.